The highest BCUT2D eigenvalue weighted by Gasteiger charge is 2.16. The molecule has 2 amide bonds. The van der Waals surface area contributed by atoms with Crippen LogP contribution in [0.5, 0.6) is 11.5 Å². The summed E-state index contributed by atoms with van der Waals surface area (Å²) >= 11 is 13.6. The molecule has 4 aromatic rings. The van der Waals surface area contributed by atoms with Gasteiger partial charge in [0.05, 0.1) is 17.9 Å². The predicted octanol–water partition coefficient (Wildman–Crippen LogP) is 7.68. The number of hydrogen-bond acceptors (Lipinski definition) is 8. The van der Waals surface area contributed by atoms with Crippen LogP contribution in [0.1, 0.15) is 38.8 Å². The van der Waals surface area contributed by atoms with Crippen LogP contribution in [0.2, 0.25) is 0 Å². The van der Waals surface area contributed by atoms with Crippen molar-refractivity contribution >= 4 is 98.8 Å². The van der Waals surface area contributed by atoms with E-state index in [2.05, 4.69) is 85.0 Å². The standard InChI is InChI=1S/C18H18Br2N2O4.C17H16Br2N2O4/c1-2-21-13-5-3-4-11(6-13)10-26-17-14(19)7-12(8-15(17)20)18(25)22-9-16(23)24;1-20-12-4-2-3-10(5-12)9-25-16-13(18)6-11(7-14(16)19)17(24)21-8-15(22)23/h3-8,21H,2,9-10H2,1H3,(H,22,25)(H,23,24);2-7,20H,8-9H2,1H3,(H,21,24)(H,22,23). The first-order valence-corrected chi connectivity index (χ1v) is 18.3. The first-order chi connectivity index (χ1) is 24.3. The predicted molar refractivity (Wildman–Crippen MR) is 209 cm³/mol. The van der Waals surface area contributed by atoms with Crippen molar-refractivity contribution in [1.29, 1.82) is 0 Å². The number of amides is 2. The minimum atomic E-state index is -1.10. The minimum Gasteiger partial charge on any atom is -0.487 e. The van der Waals surface area contributed by atoms with E-state index in [1.54, 1.807) is 24.3 Å². The van der Waals surface area contributed by atoms with Gasteiger partial charge in [0, 0.05) is 36.1 Å². The first kappa shape index (κ1) is 41.3. The number of halogens is 4. The van der Waals surface area contributed by atoms with Gasteiger partial charge in [-0.05, 0) is 130 Å². The van der Waals surface area contributed by atoms with Gasteiger partial charge >= 0.3 is 11.9 Å². The highest BCUT2D eigenvalue weighted by molar-refractivity contribution is 9.11. The molecular weight excluding hydrogens is 924 g/mol. The monoisotopic (exact) mass is 954 g/mol. The first-order valence-electron chi connectivity index (χ1n) is 15.1. The van der Waals surface area contributed by atoms with Gasteiger partial charge in [0.2, 0.25) is 0 Å². The zero-order chi connectivity index (χ0) is 37.5. The minimum absolute atomic E-state index is 0.324. The van der Waals surface area contributed by atoms with Crippen LogP contribution in [0, 0.1) is 0 Å². The van der Waals surface area contributed by atoms with E-state index in [1.807, 2.05) is 62.5 Å². The molecular formula is C35H34Br4N4O8. The van der Waals surface area contributed by atoms with Crippen LogP contribution in [-0.4, -0.2) is 60.6 Å². The lowest BCUT2D eigenvalue weighted by atomic mass is 10.2. The van der Waals surface area contributed by atoms with Gasteiger partial charge in [0.25, 0.3) is 11.8 Å². The molecule has 4 rings (SSSR count). The number of benzene rings is 4. The van der Waals surface area contributed by atoms with E-state index in [0.717, 1.165) is 29.0 Å². The van der Waals surface area contributed by atoms with Gasteiger partial charge in [-0.3, -0.25) is 19.2 Å². The molecule has 0 fully saturated rings. The number of aliphatic carboxylic acids is 2. The SMILES string of the molecule is CCNc1cccc(COc2c(Br)cc(C(=O)NCC(=O)O)cc2Br)c1.CNc1cccc(COc2c(Br)cc(C(=O)NCC(=O)O)cc2Br)c1. The number of anilines is 2. The Morgan fingerprint density at radius 3 is 1.39 bits per heavy atom. The molecule has 51 heavy (non-hydrogen) atoms. The van der Waals surface area contributed by atoms with Crippen molar-refractivity contribution < 1.29 is 38.9 Å². The van der Waals surface area contributed by atoms with Crippen LogP contribution in [0.25, 0.3) is 0 Å². The molecule has 0 saturated carbocycles. The number of carbonyl (C=O) groups is 4. The summed E-state index contributed by atoms with van der Waals surface area (Å²) in [5.74, 6) is -2.03. The fourth-order valence-corrected chi connectivity index (χ4v) is 7.11. The van der Waals surface area contributed by atoms with Crippen molar-refractivity contribution in [2.24, 2.45) is 0 Å². The van der Waals surface area contributed by atoms with Crippen molar-refractivity contribution in [3.05, 3.63) is 113 Å². The largest absolute Gasteiger partial charge is 0.487 e. The lowest BCUT2D eigenvalue weighted by molar-refractivity contribution is -0.136. The summed E-state index contributed by atoms with van der Waals surface area (Å²) in [6.45, 7) is 2.72. The summed E-state index contributed by atoms with van der Waals surface area (Å²) in [6.07, 6.45) is 0. The summed E-state index contributed by atoms with van der Waals surface area (Å²) in [4.78, 5) is 45.0. The number of carboxylic acids is 2. The van der Waals surface area contributed by atoms with Crippen LogP contribution in [0.3, 0.4) is 0 Å². The Morgan fingerprint density at radius 1 is 0.627 bits per heavy atom. The van der Waals surface area contributed by atoms with Crippen molar-refractivity contribution in [3.8, 4) is 11.5 Å². The van der Waals surface area contributed by atoms with Crippen molar-refractivity contribution in [2.45, 2.75) is 20.1 Å². The normalized spacial score (nSPS) is 10.2. The van der Waals surface area contributed by atoms with E-state index < -0.39 is 36.8 Å². The second kappa shape index (κ2) is 20.7. The van der Waals surface area contributed by atoms with Crippen molar-refractivity contribution in [1.82, 2.24) is 10.6 Å². The third-order valence-electron chi connectivity index (χ3n) is 6.61. The average molecular weight is 958 g/mol. The van der Waals surface area contributed by atoms with E-state index in [-0.39, 0.29) is 0 Å². The Labute approximate surface area is 328 Å². The fourth-order valence-electron chi connectivity index (χ4n) is 4.28. The van der Waals surface area contributed by atoms with Gasteiger partial charge in [-0.2, -0.15) is 0 Å². The van der Waals surface area contributed by atoms with Gasteiger partial charge in [-0.1, -0.05) is 24.3 Å². The topological polar surface area (TPSA) is 175 Å². The zero-order valence-corrected chi connectivity index (χ0v) is 33.7. The van der Waals surface area contributed by atoms with E-state index in [0.29, 0.717) is 53.7 Å². The van der Waals surface area contributed by atoms with Gasteiger partial charge in [0.15, 0.2) is 0 Å². The molecule has 0 bridgehead atoms. The summed E-state index contributed by atoms with van der Waals surface area (Å²) in [7, 11) is 1.85. The maximum absolute atomic E-state index is 12.0. The molecule has 0 saturated heterocycles. The van der Waals surface area contributed by atoms with Crippen molar-refractivity contribution in [2.75, 3.05) is 37.3 Å². The van der Waals surface area contributed by atoms with Crippen LogP contribution in [-0.2, 0) is 22.8 Å². The Kier molecular flexibility index (Phi) is 16.7. The van der Waals surface area contributed by atoms with Crippen LogP contribution in [0.15, 0.2) is 90.7 Å². The molecule has 12 nitrogen and oxygen atoms in total. The van der Waals surface area contributed by atoms with Crippen LogP contribution < -0.4 is 30.7 Å². The summed E-state index contributed by atoms with van der Waals surface area (Å²) in [5, 5.41) is 28.2. The smallest absolute Gasteiger partial charge is 0.322 e. The highest BCUT2D eigenvalue weighted by atomic mass is 79.9. The Morgan fingerprint density at radius 2 is 1.02 bits per heavy atom. The number of hydrogen-bond donors (Lipinski definition) is 6. The third-order valence-corrected chi connectivity index (χ3v) is 8.97. The Hall–Kier alpha value is -4.12. The molecule has 0 aliphatic carbocycles. The van der Waals surface area contributed by atoms with E-state index in [1.165, 1.54) is 0 Å². The van der Waals surface area contributed by atoms with E-state index in [9.17, 15) is 19.2 Å². The number of rotatable bonds is 15. The summed E-state index contributed by atoms with van der Waals surface area (Å²) in [6, 6.07) is 22.1. The quantitative estimate of drug-likeness (QED) is 0.0694. The number of carbonyl (C=O) groups excluding carboxylic acids is 2. The van der Waals surface area contributed by atoms with Gasteiger partial charge in [0.1, 0.15) is 37.8 Å². The second-order valence-electron chi connectivity index (χ2n) is 10.4. The highest BCUT2D eigenvalue weighted by Crippen LogP contribution is 2.36. The fraction of sp³-hybridized carbons (Fsp3) is 0.200. The Balaban J connectivity index is 0.000000276. The van der Waals surface area contributed by atoms with Gasteiger partial charge in [-0.25, -0.2) is 0 Å². The molecule has 4 aromatic carbocycles. The zero-order valence-electron chi connectivity index (χ0n) is 27.3. The number of carboxylic acid groups (broad SMARTS) is 2. The maximum Gasteiger partial charge on any atom is 0.322 e. The molecule has 270 valence electrons. The molecule has 16 heteroatoms. The molecule has 6 N–H and O–H groups in total. The molecule has 0 unspecified atom stereocenters. The average Bonchev–Trinajstić information content (AvgIpc) is 3.09. The van der Waals surface area contributed by atoms with Crippen LogP contribution in [0.4, 0.5) is 11.4 Å². The number of ether oxygens (including phenoxy) is 2. The summed E-state index contributed by atoms with van der Waals surface area (Å²) in [5.41, 5.74) is 4.66. The molecule has 0 heterocycles. The molecule has 0 aromatic heterocycles. The molecule has 0 spiro atoms. The lowest BCUT2D eigenvalue weighted by Crippen LogP contribution is -2.29. The Bertz CT molecular complexity index is 1830. The molecule has 0 radical (unpaired) electrons. The number of nitrogens with one attached hydrogen (secondary N) is 4. The third kappa shape index (κ3) is 13.5. The maximum atomic E-state index is 12.0. The van der Waals surface area contributed by atoms with E-state index >= 15 is 0 Å². The van der Waals surface area contributed by atoms with E-state index in [4.69, 9.17) is 19.7 Å². The van der Waals surface area contributed by atoms with Crippen LogP contribution >= 0.6 is 63.7 Å². The summed E-state index contributed by atoms with van der Waals surface area (Å²) < 4.78 is 14.1. The van der Waals surface area contributed by atoms with Gasteiger partial charge < -0.3 is 41.0 Å². The molecule has 0 aliphatic rings. The van der Waals surface area contributed by atoms with Crippen molar-refractivity contribution in [3.63, 3.8) is 0 Å². The molecule has 0 atom stereocenters. The second-order valence-corrected chi connectivity index (χ2v) is 13.9. The van der Waals surface area contributed by atoms with Gasteiger partial charge in [-0.15, -0.1) is 0 Å². The lowest BCUT2D eigenvalue weighted by Gasteiger charge is -2.13. The molecule has 0 aliphatic heterocycles.